The van der Waals surface area contributed by atoms with Crippen molar-refractivity contribution in [1.29, 1.82) is 0 Å². The fourth-order valence-electron chi connectivity index (χ4n) is 4.79. The number of thioether (sulfide) groups is 1. The summed E-state index contributed by atoms with van der Waals surface area (Å²) in [5.41, 5.74) is 5.79. The first-order valence-electron chi connectivity index (χ1n) is 12.5. The number of rotatable bonds is 9. The van der Waals surface area contributed by atoms with Crippen LogP contribution in [0.5, 0.6) is 5.75 Å². The molecule has 0 spiro atoms. The molecular formula is C25H26N6O9S2. The highest BCUT2D eigenvalue weighted by Crippen LogP contribution is 2.43. The van der Waals surface area contributed by atoms with Crippen LogP contribution >= 0.6 is 23.1 Å². The number of carbonyl (C=O) groups is 4. The number of carboxylic acids is 2. The van der Waals surface area contributed by atoms with E-state index in [-0.39, 0.29) is 56.1 Å². The van der Waals surface area contributed by atoms with Crippen molar-refractivity contribution >= 4 is 57.7 Å². The van der Waals surface area contributed by atoms with Crippen LogP contribution in [0.15, 0.2) is 40.0 Å². The van der Waals surface area contributed by atoms with Crippen molar-refractivity contribution in [2.45, 2.75) is 30.5 Å². The highest BCUT2D eigenvalue weighted by molar-refractivity contribution is 8.00. The molecule has 3 aliphatic rings. The van der Waals surface area contributed by atoms with Crippen molar-refractivity contribution in [3.05, 3.63) is 51.7 Å². The lowest BCUT2D eigenvalue weighted by molar-refractivity contribution is -1.06. The zero-order valence-electron chi connectivity index (χ0n) is 22.3. The SMILES string of the molecule is C[N+]1(C)CC[C@@H](C2=C(C(=O)[O-])N3C(=O)C(NC(=O)/C(=N\OCc4ccc(C(=O)O)cc4O)c4csc(N)n4)C3SC2)O1. The average molecular weight is 619 g/mol. The van der Waals surface area contributed by atoms with Crippen LogP contribution < -0.4 is 16.2 Å². The number of aromatic hydroxyl groups is 1. The molecule has 0 aliphatic carbocycles. The fraction of sp³-hybridized carbons (Fsp3) is 0.360. The van der Waals surface area contributed by atoms with Crippen molar-refractivity contribution in [2.24, 2.45) is 5.16 Å². The number of nitrogen functional groups attached to an aromatic ring is 1. The van der Waals surface area contributed by atoms with Gasteiger partial charge >= 0.3 is 5.97 Å². The summed E-state index contributed by atoms with van der Waals surface area (Å²) in [5.74, 6) is -4.25. The summed E-state index contributed by atoms with van der Waals surface area (Å²) in [6, 6.07) is 2.59. The van der Waals surface area contributed by atoms with Gasteiger partial charge in [-0.1, -0.05) is 11.2 Å². The normalized spacial score (nSPS) is 23.3. The number of hydroxylamine groups is 3. The van der Waals surface area contributed by atoms with Crippen LogP contribution in [0.1, 0.15) is 28.0 Å². The molecule has 4 heterocycles. The number of nitrogens with two attached hydrogens (primary N) is 1. The van der Waals surface area contributed by atoms with Crippen LogP contribution in [0.2, 0.25) is 0 Å². The Balaban J connectivity index is 1.32. The molecule has 2 amide bonds. The topological polar surface area (TPSA) is 217 Å². The molecule has 5 rings (SSSR count). The molecule has 3 atom stereocenters. The molecule has 2 unspecified atom stereocenters. The Morgan fingerprint density at radius 3 is 2.71 bits per heavy atom. The van der Waals surface area contributed by atoms with E-state index in [1.807, 2.05) is 14.1 Å². The second-order valence-corrected chi connectivity index (χ2v) is 12.1. The van der Waals surface area contributed by atoms with Crippen molar-refractivity contribution in [3.8, 4) is 5.75 Å². The average Bonchev–Trinajstić information content (AvgIpc) is 3.53. The lowest BCUT2D eigenvalue weighted by Gasteiger charge is -2.51. The van der Waals surface area contributed by atoms with Gasteiger partial charge in [0.1, 0.15) is 42.1 Å². The number of phenolic OH excluding ortho intramolecular Hbond substituents is 1. The molecule has 0 bridgehead atoms. The summed E-state index contributed by atoms with van der Waals surface area (Å²) in [4.78, 5) is 66.1. The maximum absolute atomic E-state index is 13.3. The monoisotopic (exact) mass is 618 g/mol. The van der Waals surface area contributed by atoms with Gasteiger partial charge in [0.25, 0.3) is 11.8 Å². The van der Waals surface area contributed by atoms with Gasteiger partial charge in [-0.05, 0) is 12.1 Å². The summed E-state index contributed by atoms with van der Waals surface area (Å²) in [7, 11) is 3.71. The van der Waals surface area contributed by atoms with Gasteiger partial charge in [0, 0.05) is 28.7 Å². The smallest absolute Gasteiger partial charge is 0.335 e. The molecule has 42 heavy (non-hydrogen) atoms. The number of benzene rings is 1. The first-order valence-corrected chi connectivity index (χ1v) is 14.5. The van der Waals surface area contributed by atoms with Crippen molar-refractivity contribution < 1.29 is 48.8 Å². The van der Waals surface area contributed by atoms with Crippen LogP contribution in [0.3, 0.4) is 0 Å². The van der Waals surface area contributed by atoms with E-state index in [1.165, 1.54) is 29.3 Å². The Kier molecular flexibility index (Phi) is 7.84. The van der Waals surface area contributed by atoms with E-state index in [1.54, 1.807) is 0 Å². The predicted molar refractivity (Wildman–Crippen MR) is 146 cm³/mol. The van der Waals surface area contributed by atoms with Gasteiger partial charge in [-0.15, -0.1) is 23.1 Å². The zero-order valence-corrected chi connectivity index (χ0v) is 23.9. The molecule has 222 valence electrons. The maximum Gasteiger partial charge on any atom is 0.335 e. The van der Waals surface area contributed by atoms with Gasteiger partial charge in [0.2, 0.25) is 0 Å². The number of hydrogen-bond acceptors (Lipinski definition) is 13. The van der Waals surface area contributed by atoms with Crippen molar-refractivity contribution in [3.63, 3.8) is 0 Å². The van der Waals surface area contributed by atoms with E-state index in [4.69, 9.17) is 20.5 Å². The van der Waals surface area contributed by atoms with Gasteiger partial charge in [-0.25, -0.2) is 9.78 Å². The number of nitrogens with zero attached hydrogens (tertiary/aromatic N) is 4. The number of aromatic nitrogens is 1. The number of fused-ring (bicyclic) bond motifs is 1. The standard InChI is InChI=1S/C25H26N6O9S2/c1-31(2)6-5-16(40-31)13-9-41-22-18(21(34)30(22)19(13)24(37)38)28-20(33)17(14-10-42-25(26)27-14)29-39-8-12-4-3-11(23(35)36)7-15(12)32/h3-4,7,10,16,18,22H,5-6,8-9H2,1-2H3,(H5-,26,27,28,32,33,35,36,37,38)/b29-17-/t16-,18?,22?/m0/s1. The number of hydrogen-bond donors (Lipinski definition) is 4. The number of aromatic carboxylic acids is 1. The number of aliphatic carboxylic acids is 1. The molecule has 3 aliphatic heterocycles. The third-order valence-corrected chi connectivity index (χ3v) is 8.87. The minimum atomic E-state index is -1.50. The Labute approximate surface area is 246 Å². The summed E-state index contributed by atoms with van der Waals surface area (Å²) < 4.78 is 0.258. The quantitative estimate of drug-likeness (QED) is 0.118. The molecular weight excluding hydrogens is 592 g/mol. The second-order valence-electron chi connectivity index (χ2n) is 10.1. The third-order valence-electron chi connectivity index (χ3n) is 6.90. The Morgan fingerprint density at radius 1 is 1.36 bits per heavy atom. The number of nitrogens with one attached hydrogen (secondary N) is 1. The van der Waals surface area contributed by atoms with Gasteiger partial charge in [-0.2, -0.15) is 9.48 Å². The van der Waals surface area contributed by atoms with Crippen LogP contribution in [0.4, 0.5) is 5.13 Å². The summed E-state index contributed by atoms with van der Waals surface area (Å²) >= 11 is 2.34. The van der Waals surface area contributed by atoms with Crippen molar-refractivity contribution in [2.75, 3.05) is 32.1 Å². The molecule has 0 radical (unpaired) electrons. The molecule has 0 saturated carbocycles. The highest BCUT2D eigenvalue weighted by atomic mass is 32.2. The number of β-lactam (4-membered cyclic amide) rings is 1. The van der Waals surface area contributed by atoms with Gasteiger partial charge < -0.3 is 36.0 Å². The molecule has 1 aromatic heterocycles. The third kappa shape index (κ3) is 5.63. The summed E-state index contributed by atoms with van der Waals surface area (Å²) in [6.07, 6.45) is 0.110. The van der Waals surface area contributed by atoms with E-state index in [2.05, 4.69) is 15.5 Å². The number of phenols is 1. The molecule has 2 saturated heterocycles. The van der Waals surface area contributed by atoms with Gasteiger partial charge in [-0.3, -0.25) is 14.5 Å². The number of carboxylic acid groups (broad SMARTS) is 2. The van der Waals surface area contributed by atoms with Crippen LogP contribution in [-0.4, -0.2) is 98.1 Å². The number of quaternary nitrogens is 1. The minimum Gasteiger partial charge on any atom is -0.543 e. The van der Waals surface area contributed by atoms with E-state index in [0.29, 0.717) is 18.5 Å². The van der Waals surface area contributed by atoms with E-state index >= 15 is 0 Å². The maximum atomic E-state index is 13.3. The summed E-state index contributed by atoms with van der Waals surface area (Å²) in [5, 5.41) is 38.7. The Bertz CT molecular complexity index is 1540. The van der Waals surface area contributed by atoms with E-state index < -0.39 is 41.3 Å². The van der Waals surface area contributed by atoms with Crippen LogP contribution in [0.25, 0.3) is 0 Å². The highest BCUT2D eigenvalue weighted by Gasteiger charge is 2.54. The Hall–Kier alpha value is -4.19. The van der Waals surface area contributed by atoms with Crippen LogP contribution in [-0.2, 0) is 30.7 Å². The molecule has 17 heteroatoms. The van der Waals surface area contributed by atoms with Gasteiger partial charge in [0.15, 0.2) is 10.8 Å². The largest absolute Gasteiger partial charge is 0.543 e. The van der Waals surface area contributed by atoms with Crippen molar-refractivity contribution in [1.82, 2.24) is 15.2 Å². The first kappa shape index (κ1) is 29.3. The van der Waals surface area contributed by atoms with Crippen LogP contribution in [0, 0.1) is 0 Å². The van der Waals surface area contributed by atoms with E-state index in [9.17, 15) is 29.4 Å². The van der Waals surface area contributed by atoms with Gasteiger partial charge in [0.05, 0.1) is 31.3 Å². The minimum absolute atomic E-state index is 0.0668. The molecule has 2 fully saturated rings. The lowest BCUT2D eigenvalue weighted by Crippen LogP contribution is -2.71. The number of amides is 2. The number of oxime groups is 1. The van der Waals surface area contributed by atoms with E-state index in [0.717, 1.165) is 22.3 Å². The molecule has 2 aromatic rings. The first-order chi connectivity index (χ1) is 19.9. The number of thiazole rings is 1. The number of carbonyl (C=O) groups excluding carboxylic acids is 3. The predicted octanol–water partition coefficient (Wildman–Crippen LogP) is -0.766. The fourth-order valence-corrected chi connectivity index (χ4v) is 6.75. The Morgan fingerprint density at radius 2 is 2.12 bits per heavy atom. The summed E-state index contributed by atoms with van der Waals surface area (Å²) in [6.45, 7) is 0.353. The number of anilines is 1. The lowest BCUT2D eigenvalue weighted by atomic mass is 9.99. The molecule has 15 nitrogen and oxygen atoms in total. The zero-order chi connectivity index (χ0) is 30.3. The second kappa shape index (κ2) is 11.2. The molecule has 1 aromatic carbocycles. The molecule has 5 N–H and O–H groups in total.